The standard InChI is InChI=1S/C18H14BrNO3/c19-14-4-1-3-13(11-14)18(23)16-10-12(6-7-17(21)22)9-15-5-2-8-20(15)16/h1-5,8-11H,6-7H2,(H,21,22). The van der Waals surface area contributed by atoms with Gasteiger partial charge in [-0.2, -0.15) is 0 Å². The van der Waals surface area contributed by atoms with Gasteiger partial charge >= 0.3 is 5.97 Å². The molecule has 23 heavy (non-hydrogen) atoms. The maximum atomic E-state index is 12.8. The number of hydrogen-bond donors (Lipinski definition) is 1. The molecular formula is C18H14BrNO3. The lowest BCUT2D eigenvalue weighted by molar-refractivity contribution is -0.136. The smallest absolute Gasteiger partial charge is 0.303 e. The van der Waals surface area contributed by atoms with Crippen LogP contribution in [-0.4, -0.2) is 21.3 Å². The first-order valence-corrected chi connectivity index (χ1v) is 7.96. The summed E-state index contributed by atoms with van der Waals surface area (Å²) in [5.41, 5.74) is 2.85. The van der Waals surface area contributed by atoms with Gasteiger partial charge in [0.1, 0.15) is 0 Å². The molecule has 0 bridgehead atoms. The van der Waals surface area contributed by atoms with Crippen molar-refractivity contribution in [2.24, 2.45) is 0 Å². The highest BCUT2D eigenvalue weighted by Crippen LogP contribution is 2.20. The zero-order chi connectivity index (χ0) is 16.4. The molecule has 0 aliphatic rings. The van der Waals surface area contributed by atoms with Crippen LogP contribution in [0.4, 0.5) is 0 Å². The molecule has 0 saturated carbocycles. The predicted octanol–water partition coefficient (Wildman–Crippen LogP) is 3.95. The maximum absolute atomic E-state index is 12.8. The quantitative estimate of drug-likeness (QED) is 0.690. The van der Waals surface area contributed by atoms with Crippen LogP contribution in [0, 0.1) is 0 Å². The second kappa shape index (κ2) is 6.38. The number of aromatic nitrogens is 1. The lowest BCUT2D eigenvalue weighted by Gasteiger charge is -2.09. The molecule has 2 aromatic heterocycles. The van der Waals surface area contributed by atoms with Crippen LogP contribution in [0.1, 0.15) is 28.0 Å². The highest BCUT2D eigenvalue weighted by Gasteiger charge is 2.14. The Labute approximate surface area is 141 Å². The molecule has 0 aliphatic carbocycles. The summed E-state index contributed by atoms with van der Waals surface area (Å²) in [5, 5.41) is 8.86. The van der Waals surface area contributed by atoms with Crippen molar-refractivity contribution in [3.8, 4) is 0 Å². The number of benzene rings is 1. The summed E-state index contributed by atoms with van der Waals surface area (Å²) in [4.78, 5) is 23.6. The topological polar surface area (TPSA) is 58.8 Å². The Bertz CT molecular complexity index is 898. The van der Waals surface area contributed by atoms with Crippen molar-refractivity contribution in [2.45, 2.75) is 12.8 Å². The second-order valence-corrected chi connectivity index (χ2v) is 6.20. The summed E-state index contributed by atoms with van der Waals surface area (Å²) >= 11 is 3.38. The Morgan fingerprint density at radius 3 is 2.65 bits per heavy atom. The van der Waals surface area contributed by atoms with Crippen molar-refractivity contribution in [3.05, 3.63) is 76.0 Å². The molecule has 0 atom stereocenters. The summed E-state index contributed by atoms with van der Waals surface area (Å²) in [5.74, 6) is -0.940. The molecule has 0 aliphatic heterocycles. The summed E-state index contributed by atoms with van der Waals surface area (Å²) < 4.78 is 2.67. The molecule has 0 spiro atoms. The fourth-order valence-electron chi connectivity index (χ4n) is 2.56. The van der Waals surface area contributed by atoms with Gasteiger partial charge in [0, 0.05) is 28.2 Å². The van der Waals surface area contributed by atoms with Crippen LogP contribution in [0.15, 0.2) is 59.2 Å². The maximum Gasteiger partial charge on any atom is 0.303 e. The first-order chi connectivity index (χ1) is 11.0. The summed E-state index contributed by atoms with van der Waals surface area (Å²) in [6, 6.07) is 14.7. The van der Waals surface area contributed by atoms with Gasteiger partial charge in [0.15, 0.2) is 0 Å². The van der Waals surface area contributed by atoms with E-state index in [1.54, 1.807) is 18.2 Å². The molecule has 1 N–H and O–H groups in total. The summed E-state index contributed by atoms with van der Waals surface area (Å²) in [6.07, 6.45) is 2.28. The molecule has 116 valence electrons. The lowest BCUT2D eigenvalue weighted by atomic mass is 10.0. The number of carboxylic acid groups (broad SMARTS) is 1. The number of ketones is 1. The fourth-order valence-corrected chi connectivity index (χ4v) is 2.96. The fraction of sp³-hybridized carbons (Fsp3) is 0.111. The van der Waals surface area contributed by atoms with Crippen molar-refractivity contribution in [1.82, 2.24) is 4.40 Å². The number of halogens is 1. The highest BCUT2D eigenvalue weighted by molar-refractivity contribution is 9.10. The van der Waals surface area contributed by atoms with Crippen molar-refractivity contribution in [1.29, 1.82) is 0 Å². The largest absolute Gasteiger partial charge is 0.481 e. The Morgan fingerprint density at radius 1 is 1.09 bits per heavy atom. The SMILES string of the molecule is O=C(O)CCc1cc(C(=O)c2cccc(Br)c2)n2cccc2c1. The minimum Gasteiger partial charge on any atom is -0.481 e. The van der Waals surface area contributed by atoms with E-state index in [4.69, 9.17) is 5.11 Å². The Balaban J connectivity index is 2.06. The van der Waals surface area contributed by atoms with Crippen LogP contribution >= 0.6 is 15.9 Å². The van der Waals surface area contributed by atoms with E-state index in [2.05, 4.69) is 15.9 Å². The summed E-state index contributed by atoms with van der Waals surface area (Å²) in [6.45, 7) is 0. The number of rotatable bonds is 5. The van der Waals surface area contributed by atoms with Crippen LogP contribution in [0.25, 0.3) is 5.52 Å². The van der Waals surface area contributed by atoms with E-state index in [0.29, 0.717) is 17.7 Å². The molecule has 0 radical (unpaired) electrons. The minimum absolute atomic E-state index is 0.0431. The number of aliphatic carboxylic acids is 1. The number of carboxylic acids is 1. The first-order valence-electron chi connectivity index (χ1n) is 7.16. The molecule has 4 nitrogen and oxygen atoms in total. The first kappa shape index (κ1) is 15.5. The third-order valence-corrected chi connectivity index (χ3v) is 4.14. The monoisotopic (exact) mass is 371 g/mol. The molecule has 3 aromatic rings. The van der Waals surface area contributed by atoms with Gasteiger partial charge in [0.2, 0.25) is 5.78 Å². The minimum atomic E-state index is -0.847. The number of carbonyl (C=O) groups is 2. The molecular weight excluding hydrogens is 358 g/mol. The number of hydrogen-bond acceptors (Lipinski definition) is 2. The molecule has 2 heterocycles. The van der Waals surface area contributed by atoms with Gasteiger partial charge < -0.3 is 9.51 Å². The number of carbonyl (C=O) groups excluding carboxylic acids is 1. The van der Waals surface area contributed by atoms with Crippen molar-refractivity contribution >= 4 is 33.2 Å². The van der Waals surface area contributed by atoms with Crippen LogP contribution in [-0.2, 0) is 11.2 Å². The normalized spacial score (nSPS) is 10.8. The average molecular weight is 372 g/mol. The molecule has 5 heteroatoms. The molecule has 3 rings (SSSR count). The van der Waals surface area contributed by atoms with Gasteiger partial charge in [-0.3, -0.25) is 9.59 Å². The van der Waals surface area contributed by atoms with E-state index >= 15 is 0 Å². The Hall–Kier alpha value is -2.40. The zero-order valence-electron chi connectivity index (χ0n) is 12.2. The number of aryl methyl sites for hydroxylation is 1. The van der Waals surface area contributed by atoms with Crippen LogP contribution in [0.3, 0.4) is 0 Å². The number of nitrogens with zero attached hydrogens (tertiary/aromatic N) is 1. The Morgan fingerprint density at radius 2 is 1.91 bits per heavy atom. The van der Waals surface area contributed by atoms with Crippen LogP contribution < -0.4 is 0 Å². The van der Waals surface area contributed by atoms with Crippen molar-refractivity contribution in [3.63, 3.8) is 0 Å². The molecule has 0 saturated heterocycles. The van der Waals surface area contributed by atoms with Crippen molar-refractivity contribution < 1.29 is 14.7 Å². The van der Waals surface area contributed by atoms with E-state index in [1.165, 1.54) is 0 Å². The average Bonchev–Trinajstić information content (AvgIpc) is 2.99. The van der Waals surface area contributed by atoms with Gasteiger partial charge in [0.25, 0.3) is 0 Å². The van der Waals surface area contributed by atoms with E-state index in [0.717, 1.165) is 15.6 Å². The molecule has 1 aromatic carbocycles. The lowest BCUT2D eigenvalue weighted by Crippen LogP contribution is -2.09. The van der Waals surface area contributed by atoms with Gasteiger partial charge in [-0.05, 0) is 48.4 Å². The molecule has 0 amide bonds. The van der Waals surface area contributed by atoms with E-state index in [1.807, 2.05) is 40.9 Å². The third-order valence-electron chi connectivity index (χ3n) is 3.64. The van der Waals surface area contributed by atoms with E-state index < -0.39 is 5.97 Å². The van der Waals surface area contributed by atoms with Gasteiger partial charge in [-0.1, -0.05) is 28.1 Å². The van der Waals surface area contributed by atoms with Crippen LogP contribution in [0.2, 0.25) is 0 Å². The van der Waals surface area contributed by atoms with E-state index in [9.17, 15) is 9.59 Å². The van der Waals surface area contributed by atoms with Crippen LogP contribution in [0.5, 0.6) is 0 Å². The number of pyridine rings is 1. The van der Waals surface area contributed by atoms with Crippen molar-refractivity contribution in [2.75, 3.05) is 0 Å². The molecule has 0 unspecified atom stereocenters. The number of fused-ring (bicyclic) bond motifs is 1. The van der Waals surface area contributed by atoms with Gasteiger partial charge in [0.05, 0.1) is 5.69 Å². The summed E-state index contributed by atoms with van der Waals surface area (Å²) in [7, 11) is 0. The molecule has 0 fully saturated rings. The van der Waals surface area contributed by atoms with Gasteiger partial charge in [-0.25, -0.2) is 0 Å². The van der Waals surface area contributed by atoms with E-state index in [-0.39, 0.29) is 12.2 Å². The van der Waals surface area contributed by atoms with Gasteiger partial charge in [-0.15, -0.1) is 0 Å². The Kier molecular flexibility index (Phi) is 4.30. The third kappa shape index (κ3) is 3.35. The predicted molar refractivity (Wildman–Crippen MR) is 90.9 cm³/mol. The zero-order valence-corrected chi connectivity index (χ0v) is 13.8. The highest BCUT2D eigenvalue weighted by atomic mass is 79.9. The second-order valence-electron chi connectivity index (χ2n) is 5.29.